The number of alkyl halides is 2. The first kappa shape index (κ1) is 16.7. The zero-order chi connectivity index (χ0) is 17.2. The molecule has 124 valence electrons. The summed E-state index contributed by atoms with van der Waals surface area (Å²) in [6.45, 7) is 7.15. The van der Waals surface area contributed by atoms with Gasteiger partial charge in [0.15, 0.2) is 11.9 Å². The number of carbonyl (C=O) groups is 1. The number of nitrogens with zero attached hydrogens (tertiary/aromatic N) is 1. The average molecular weight is 375 g/mol. The van der Waals surface area contributed by atoms with Crippen LogP contribution in [-0.4, -0.2) is 20.3 Å². The monoisotopic (exact) mass is 374 g/mol. The lowest BCUT2D eigenvalue weighted by Crippen LogP contribution is -2.24. The molecular formula is C15H16Cl2N2O3S. The number of thiophene rings is 1. The molecule has 0 amide bonds. The number of aromatic amines is 1. The lowest BCUT2D eigenvalue weighted by atomic mass is 10.1. The van der Waals surface area contributed by atoms with Gasteiger partial charge in [0, 0.05) is 11.3 Å². The predicted molar refractivity (Wildman–Crippen MR) is 91.4 cm³/mol. The predicted octanol–water partition coefficient (Wildman–Crippen LogP) is 3.79. The quantitative estimate of drug-likeness (QED) is 0.655. The Balaban J connectivity index is 1.89. The van der Waals surface area contributed by atoms with E-state index in [1.807, 2.05) is 13.8 Å². The minimum atomic E-state index is -1.09. The van der Waals surface area contributed by atoms with E-state index in [1.54, 1.807) is 13.8 Å². The topological polar surface area (TPSA) is 72.0 Å². The van der Waals surface area contributed by atoms with Gasteiger partial charge in [0.05, 0.1) is 5.39 Å². The van der Waals surface area contributed by atoms with Gasteiger partial charge in [-0.15, -0.1) is 34.5 Å². The van der Waals surface area contributed by atoms with E-state index in [1.165, 1.54) is 11.3 Å². The Morgan fingerprint density at radius 3 is 2.61 bits per heavy atom. The SMILES string of the molecule is Cc1sc2nc([C@@H](C)OC(=O)[C@]3(C)CC3(Cl)Cl)[nH]c(=O)c2c1C. The van der Waals surface area contributed by atoms with E-state index >= 15 is 0 Å². The maximum Gasteiger partial charge on any atom is 0.315 e. The number of ether oxygens (including phenoxy) is 1. The highest BCUT2D eigenvalue weighted by Gasteiger charge is 2.69. The van der Waals surface area contributed by atoms with Gasteiger partial charge < -0.3 is 9.72 Å². The summed E-state index contributed by atoms with van der Waals surface area (Å²) < 4.78 is 4.32. The molecule has 0 aromatic carbocycles. The number of carbonyl (C=O) groups excluding carboxylic acids is 1. The number of H-pyrrole nitrogens is 1. The fourth-order valence-corrected chi connectivity index (χ4v) is 4.16. The fourth-order valence-electron chi connectivity index (χ4n) is 2.43. The van der Waals surface area contributed by atoms with Crippen LogP contribution in [0.2, 0.25) is 0 Å². The van der Waals surface area contributed by atoms with Crippen molar-refractivity contribution in [3.63, 3.8) is 0 Å². The number of esters is 1. The van der Waals surface area contributed by atoms with Gasteiger partial charge in [-0.05, 0) is 33.3 Å². The van der Waals surface area contributed by atoms with E-state index in [4.69, 9.17) is 27.9 Å². The van der Waals surface area contributed by atoms with Crippen LogP contribution in [0.5, 0.6) is 0 Å². The van der Waals surface area contributed by atoms with Gasteiger partial charge in [0.1, 0.15) is 14.6 Å². The van der Waals surface area contributed by atoms with Crippen molar-refractivity contribution < 1.29 is 9.53 Å². The first-order chi connectivity index (χ1) is 10.6. The van der Waals surface area contributed by atoms with Crippen molar-refractivity contribution in [3.8, 4) is 0 Å². The Kier molecular flexibility index (Phi) is 3.78. The molecule has 1 aliphatic carbocycles. The van der Waals surface area contributed by atoms with Crippen LogP contribution in [0.3, 0.4) is 0 Å². The highest BCUT2D eigenvalue weighted by atomic mass is 35.5. The molecule has 0 aliphatic heterocycles. The largest absolute Gasteiger partial charge is 0.454 e. The summed E-state index contributed by atoms with van der Waals surface area (Å²) in [5.41, 5.74) is -0.212. The van der Waals surface area contributed by atoms with E-state index < -0.39 is 21.8 Å². The molecule has 2 atom stereocenters. The molecule has 0 saturated heterocycles. The molecule has 1 N–H and O–H groups in total. The average Bonchev–Trinajstić information content (AvgIpc) is 2.82. The number of rotatable bonds is 3. The van der Waals surface area contributed by atoms with Crippen molar-refractivity contribution in [2.24, 2.45) is 5.41 Å². The lowest BCUT2D eigenvalue weighted by Gasteiger charge is -2.16. The number of aryl methyl sites for hydroxylation is 2. The van der Waals surface area contributed by atoms with Crippen LogP contribution in [0.4, 0.5) is 0 Å². The van der Waals surface area contributed by atoms with Gasteiger partial charge in [-0.1, -0.05) is 0 Å². The molecule has 5 nitrogen and oxygen atoms in total. The molecule has 0 bridgehead atoms. The minimum Gasteiger partial charge on any atom is -0.454 e. The van der Waals surface area contributed by atoms with E-state index in [0.717, 1.165) is 10.4 Å². The third-order valence-electron chi connectivity index (χ3n) is 4.43. The third-order valence-corrected chi connectivity index (χ3v) is 6.64. The molecule has 0 spiro atoms. The van der Waals surface area contributed by atoms with Crippen molar-refractivity contribution in [1.29, 1.82) is 0 Å². The first-order valence-electron chi connectivity index (χ1n) is 7.15. The van der Waals surface area contributed by atoms with Gasteiger partial charge in [-0.2, -0.15) is 0 Å². The lowest BCUT2D eigenvalue weighted by molar-refractivity contribution is -0.155. The summed E-state index contributed by atoms with van der Waals surface area (Å²) >= 11 is 13.4. The minimum absolute atomic E-state index is 0.226. The molecule has 8 heteroatoms. The zero-order valence-electron chi connectivity index (χ0n) is 13.1. The summed E-state index contributed by atoms with van der Waals surface area (Å²) in [6.07, 6.45) is -0.343. The van der Waals surface area contributed by atoms with Crippen molar-refractivity contribution in [2.45, 2.75) is 44.6 Å². The molecule has 1 aliphatic rings. The second kappa shape index (κ2) is 5.19. The van der Waals surface area contributed by atoms with E-state index in [-0.39, 0.29) is 5.56 Å². The highest BCUT2D eigenvalue weighted by Crippen LogP contribution is 2.64. The van der Waals surface area contributed by atoms with Gasteiger partial charge in [0.2, 0.25) is 0 Å². The van der Waals surface area contributed by atoms with Crippen LogP contribution in [0.15, 0.2) is 4.79 Å². The van der Waals surface area contributed by atoms with E-state index in [9.17, 15) is 9.59 Å². The normalized spacial score (nSPS) is 23.7. The van der Waals surface area contributed by atoms with Crippen LogP contribution >= 0.6 is 34.5 Å². The maximum atomic E-state index is 12.3. The van der Waals surface area contributed by atoms with Gasteiger partial charge in [-0.25, -0.2) is 4.98 Å². The molecular weight excluding hydrogens is 359 g/mol. The second-order valence-corrected chi connectivity index (χ2v) is 8.86. The van der Waals surface area contributed by atoms with Crippen molar-refractivity contribution in [2.75, 3.05) is 0 Å². The summed E-state index contributed by atoms with van der Waals surface area (Å²) in [7, 11) is 0. The van der Waals surface area contributed by atoms with Crippen LogP contribution in [0.1, 0.15) is 42.6 Å². The molecule has 0 radical (unpaired) electrons. The number of nitrogens with one attached hydrogen (secondary N) is 1. The number of fused-ring (bicyclic) bond motifs is 1. The molecule has 1 saturated carbocycles. The summed E-state index contributed by atoms with van der Waals surface area (Å²) in [5.74, 6) is -0.174. The molecule has 2 aromatic heterocycles. The number of aromatic nitrogens is 2. The second-order valence-electron chi connectivity index (χ2n) is 6.18. The smallest absolute Gasteiger partial charge is 0.315 e. The molecule has 2 aromatic rings. The third kappa shape index (κ3) is 2.57. The van der Waals surface area contributed by atoms with Crippen molar-refractivity contribution in [3.05, 3.63) is 26.6 Å². The Labute approximate surface area is 147 Å². The zero-order valence-corrected chi connectivity index (χ0v) is 15.4. The Morgan fingerprint density at radius 2 is 2.04 bits per heavy atom. The Hall–Kier alpha value is -1.11. The van der Waals surface area contributed by atoms with E-state index in [2.05, 4.69) is 9.97 Å². The van der Waals surface area contributed by atoms with Crippen molar-refractivity contribution in [1.82, 2.24) is 9.97 Å². The van der Waals surface area contributed by atoms with Crippen LogP contribution < -0.4 is 5.56 Å². The van der Waals surface area contributed by atoms with Crippen LogP contribution in [0, 0.1) is 19.3 Å². The fraction of sp³-hybridized carbons (Fsp3) is 0.533. The number of hydrogen-bond acceptors (Lipinski definition) is 5. The number of halogens is 2. The Bertz CT molecular complexity index is 873. The maximum absolute atomic E-state index is 12.3. The van der Waals surface area contributed by atoms with E-state index in [0.29, 0.717) is 22.5 Å². The van der Waals surface area contributed by atoms with Gasteiger partial charge in [-0.3, -0.25) is 9.59 Å². The van der Waals surface area contributed by atoms with Crippen LogP contribution in [-0.2, 0) is 9.53 Å². The molecule has 3 rings (SSSR count). The molecule has 0 unspecified atom stereocenters. The first-order valence-corrected chi connectivity index (χ1v) is 8.73. The summed E-state index contributed by atoms with van der Waals surface area (Å²) in [4.78, 5) is 33.3. The molecule has 1 fully saturated rings. The van der Waals surface area contributed by atoms with Gasteiger partial charge >= 0.3 is 5.97 Å². The summed E-state index contributed by atoms with van der Waals surface area (Å²) in [5, 5.41) is 0.587. The van der Waals surface area contributed by atoms with Gasteiger partial charge in [0.25, 0.3) is 5.56 Å². The summed E-state index contributed by atoms with van der Waals surface area (Å²) in [6, 6.07) is 0. The van der Waals surface area contributed by atoms with Crippen molar-refractivity contribution >= 4 is 50.7 Å². The highest BCUT2D eigenvalue weighted by molar-refractivity contribution is 7.18. The Morgan fingerprint density at radius 1 is 1.43 bits per heavy atom. The molecule has 23 heavy (non-hydrogen) atoms. The molecule has 2 heterocycles. The number of hydrogen-bond donors (Lipinski definition) is 1. The standard InChI is InChI=1S/C15H16Cl2N2O3S/c1-6-8(3)23-12-9(6)11(20)18-10(19-12)7(2)22-13(21)14(4)5-15(14,16)17/h7H,5H2,1-4H3,(H,18,19,20)/t7-,14+/m1/s1. The van der Waals surface area contributed by atoms with Crippen LogP contribution in [0.25, 0.3) is 10.2 Å².